The number of aryl methyl sites for hydroxylation is 1. The summed E-state index contributed by atoms with van der Waals surface area (Å²) in [5.41, 5.74) is 2.21. The number of hydrogen-bond acceptors (Lipinski definition) is 4. The van der Waals surface area contributed by atoms with Gasteiger partial charge in [-0.05, 0) is 36.4 Å². The highest BCUT2D eigenvalue weighted by atomic mass is 32.2. The van der Waals surface area contributed by atoms with Gasteiger partial charge in [-0.1, -0.05) is 37.3 Å². The van der Waals surface area contributed by atoms with Crippen molar-refractivity contribution in [3.05, 3.63) is 70.6 Å². The van der Waals surface area contributed by atoms with Crippen LogP contribution in [0.15, 0.2) is 64.4 Å². The molecule has 1 amide bonds. The molecule has 0 aliphatic rings. The number of carbonyl (C=O) groups is 1. The molecule has 1 atom stereocenters. The molecule has 0 aliphatic carbocycles. The summed E-state index contributed by atoms with van der Waals surface area (Å²) in [6.07, 6.45) is 4.30. The lowest BCUT2D eigenvalue weighted by Gasteiger charge is -2.19. The van der Waals surface area contributed by atoms with E-state index < -0.39 is 6.04 Å². The monoisotopic (exact) mass is 420 g/mol. The molecule has 0 bridgehead atoms. The van der Waals surface area contributed by atoms with Crippen molar-refractivity contribution in [1.29, 1.82) is 0 Å². The molecule has 0 fully saturated rings. The molecule has 4 rings (SSSR count). The Hall–Kier alpha value is -3.06. The summed E-state index contributed by atoms with van der Waals surface area (Å²) in [5, 5.41) is 8.93. The number of nitrogens with zero attached hydrogens (tertiary/aromatic N) is 3. The zero-order valence-corrected chi connectivity index (χ0v) is 18.1. The van der Waals surface area contributed by atoms with Gasteiger partial charge in [0.2, 0.25) is 5.91 Å². The topological polar surface area (TPSA) is 68.9 Å². The van der Waals surface area contributed by atoms with Gasteiger partial charge in [-0.3, -0.25) is 9.59 Å². The van der Waals surface area contributed by atoms with Crippen LogP contribution in [-0.2, 0) is 18.4 Å². The highest BCUT2D eigenvalue weighted by molar-refractivity contribution is 7.98. The molecule has 0 radical (unpaired) electrons. The quantitative estimate of drug-likeness (QED) is 0.481. The Morgan fingerprint density at radius 1 is 1.13 bits per heavy atom. The summed E-state index contributed by atoms with van der Waals surface area (Å²) in [5.74, 6) is -0.104. The molecule has 2 aromatic heterocycles. The van der Waals surface area contributed by atoms with Gasteiger partial charge in [0.25, 0.3) is 5.56 Å². The highest BCUT2D eigenvalue weighted by Gasteiger charge is 2.25. The van der Waals surface area contributed by atoms with E-state index in [2.05, 4.69) is 10.4 Å². The standard InChI is InChI=1S/C23H24N4O2S/c1-4-19(22(28)24-13-15-9-11-16(30-3)12-10-15)27-20-8-6-5-7-17(20)18-14-25-26(2)23(29)21(18)27/h5-12,14,19H,4,13H2,1-3H3,(H,24,28)/t19-/m0/s1. The van der Waals surface area contributed by atoms with Gasteiger partial charge >= 0.3 is 0 Å². The van der Waals surface area contributed by atoms with E-state index in [1.807, 2.05) is 66.3 Å². The lowest BCUT2D eigenvalue weighted by atomic mass is 10.1. The van der Waals surface area contributed by atoms with E-state index in [0.29, 0.717) is 18.5 Å². The van der Waals surface area contributed by atoms with Crippen LogP contribution in [0, 0.1) is 0 Å². The Labute approximate surface area is 178 Å². The average Bonchev–Trinajstić information content (AvgIpc) is 3.11. The van der Waals surface area contributed by atoms with Gasteiger partial charge in [0.05, 0.1) is 11.7 Å². The first kappa shape index (κ1) is 20.2. The van der Waals surface area contributed by atoms with Crippen molar-refractivity contribution < 1.29 is 4.79 Å². The van der Waals surface area contributed by atoms with Crippen molar-refractivity contribution in [2.24, 2.45) is 7.05 Å². The second kappa shape index (κ2) is 8.36. The van der Waals surface area contributed by atoms with E-state index in [1.54, 1.807) is 25.0 Å². The van der Waals surface area contributed by atoms with Gasteiger partial charge in [-0.15, -0.1) is 11.8 Å². The number of fused-ring (bicyclic) bond motifs is 3. The molecular formula is C23H24N4O2S. The molecule has 4 aromatic rings. The van der Waals surface area contributed by atoms with E-state index in [0.717, 1.165) is 21.9 Å². The van der Waals surface area contributed by atoms with Gasteiger partial charge in [0.15, 0.2) is 0 Å². The lowest BCUT2D eigenvalue weighted by Crippen LogP contribution is -2.33. The molecule has 0 spiro atoms. The smallest absolute Gasteiger partial charge is 0.291 e. The zero-order valence-electron chi connectivity index (χ0n) is 17.3. The predicted molar refractivity (Wildman–Crippen MR) is 122 cm³/mol. The molecule has 0 unspecified atom stereocenters. The van der Waals surface area contributed by atoms with E-state index in [4.69, 9.17) is 0 Å². The average molecular weight is 421 g/mol. The number of carbonyl (C=O) groups excluding carboxylic acids is 1. The normalized spacial score (nSPS) is 12.4. The van der Waals surface area contributed by atoms with E-state index in [-0.39, 0.29) is 11.5 Å². The van der Waals surface area contributed by atoms with E-state index >= 15 is 0 Å². The SMILES string of the molecule is CC[C@@H](C(=O)NCc1ccc(SC)cc1)n1c2ccccc2c2cnn(C)c(=O)c21. The van der Waals surface area contributed by atoms with Crippen LogP contribution in [0.3, 0.4) is 0 Å². The molecule has 7 heteroatoms. The molecule has 0 aliphatic heterocycles. The summed E-state index contributed by atoms with van der Waals surface area (Å²) in [6.45, 7) is 2.41. The first-order chi connectivity index (χ1) is 14.5. The second-order valence-corrected chi connectivity index (χ2v) is 8.09. The molecule has 0 saturated heterocycles. The number of amides is 1. The summed E-state index contributed by atoms with van der Waals surface area (Å²) < 4.78 is 3.19. The number of thioether (sulfide) groups is 1. The highest BCUT2D eigenvalue weighted by Crippen LogP contribution is 2.30. The van der Waals surface area contributed by atoms with Crippen molar-refractivity contribution in [3.8, 4) is 0 Å². The van der Waals surface area contributed by atoms with Crippen LogP contribution in [0.25, 0.3) is 21.8 Å². The molecular weight excluding hydrogens is 396 g/mol. The minimum Gasteiger partial charge on any atom is -0.350 e. The number of nitrogens with one attached hydrogen (secondary N) is 1. The number of rotatable bonds is 6. The zero-order chi connectivity index (χ0) is 21.3. The summed E-state index contributed by atoms with van der Waals surface area (Å²) in [4.78, 5) is 27.3. The molecule has 2 heterocycles. The minimum absolute atomic E-state index is 0.104. The van der Waals surface area contributed by atoms with Gasteiger partial charge in [-0.2, -0.15) is 5.10 Å². The fourth-order valence-corrected chi connectivity index (χ4v) is 4.26. The number of hydrogen-bond donors (Lipinski definition) is 1. The molecule has 0 saturated carbocycles. The van der Waals surface area contributed by atoms with Gasteiger partial charge in [0, 0.05) is 29.3 Å². The van der Waals surface area contributed by atoms with Crippen molar-refractivity contribution in [2.75, 3.05) is 6.26 Å². The molecule has 6 nitrogen and oxygen atoms in total. The van der Waals surface area contributed by atoms with Gasteiger partial charge in [-0.25, -0.2) is 4.68 Å². The van der Waals surface area contributed by atoms with Gasteiger partial charge in [0.1, 0.15) is 11.6 Å². The number of para-hydroxylation sites is 1. The summed E-state index contributed by atoms with van der Waals surface area (Å²) >= 11 is 1.69. The third-order valence-corrected chi connectivity index (χ3v) is 6.18. The second-order valence-electron chi connectivity index (χ2n) is 7.21. The van der Waals surface area contributed by atoms with Crippen LogP contribution >= 0.6 is 11.8 Å². The van der Waals surface area contributed by atoms with Crippen LogP contribution in [0.2, 0.25) is 0 Å². The maximum absolute atomic E-state index is 13.2. The van der Waals surface area contributed by atoms with Crippen molar-refractivity contribution in [1.82, 2.24) is 19.7 Å². The van der Waals surface area contributed by atoms with Crippen LogP contribution in [-0.4, -0.2) is 26.5 Å². The maximum Gasteiger partial charge on any atom is 0.291 e. The van der Waals surface area contributed by atoms with E-state index in [9.17, 15) is 9.59 Å². The fourth-order valence-electron chi connectivity index (χ4n) is 3.85. The largest absolute Gasteiger partial charge is 0.350 e. The lowest BCUT2D eigenvalue weighted by molar-refractivity contribution is -0.124. The summed E-state index contributed by atoms with van der Waals surface area (Å²) in [6, 6.07) is 15.4. The van der Waals surface area contributed by atoms with Crippen molar-refractivity contribution in [2.45, 2.75) is 30.8 Å². The van der Waals surface area contributed by atoms with Crippen molar-refractivity contribution >= 4 is 39.5 Å². The Morgan fingerprint density at radius 3 is 2.57 bits per heavy atom. The molecule has 2 aromatic carbocycles. The molecule has 1 N–H and O–H groups in total. The Kier molecular flexibility index (Phi) is 5.63. The third-order valence-electron chi connectivity index (χ3n) is 5.43. The Bertz CT molecular complexity index is 1270. The van der Waals surface area contributed by atoms with Crippen LogP contribution in [0.5, 0.6) is 0 Å². The molecule has 30 heavy (non-hydrogen) atoms. The van der Waals surface area contributed by atoms with Gasteiger partial charge < -0.3 is 9.88 Å². The first-order valence-electron chi connectivity index (χ1n) is 9.90. The molecule has 154 valence electrons. The summed E-state index contributed by atoms with van der Waals surface area (Å²) in [7, 11) is 1.63. The predicted octanol–water partition coefficient (Wildman–Crippen LogP) is 3.88. The van der Waals surface area contributed by atoms with Crippen LogP contribution in [0.1, 0.15) is 24.9 Å². The minimum atomic E-state index is -0.493. The van der Waals surface area contributed by atoms with Crippen molar-refractivity contribution in [3.63, 3.8) is 0 Å². The maximum atomic E-state index is 13.2. The fraction of sp³-hybridized carbons (Fsp3) is 0.261. The number of aromatic nitrogens is 3. The third kappa shape index (κ3) is 3.50. The van der Waals surface area contributed by atoms with Crippen LogP contribution < -0.4 is 10.9 Å². The van der Waals surface area contributed by atoms with E-state index in [1.165, 1.54) is 9.58 Å². The van der Waals surface area contributed by atoms with Crippen LogP contribution in [0.4, 0.5) is 0 Å². The Balaban J connectivity index is 1.73. The number of benzene rings is 2. The Morgan fingerprint density at radius 2 is 1.87 bits per heavy atom. The first-order valence-corrected chi connectivity index (χ1v) is 11.1.